The minimum Gasteiger partial charge on any atom is -0.490 e. The Morgan fingerprint density at radius 3 is 2.78 bits per heavy atom. The molecule has 1 aromatic rings. The molecule has 1 rings (SSSR count). The van der Waals surface area contributed by atoms with Crippen molar-refractivity contribution >= 4 is 17.5 Å². The number of halogens is 1. The number of benzene rings is 1. The molecule has 0 aliphatic carbocycles. The number of hydrogen-bond acceptors (Lipinski definition) is 3. The second-order valence-electron chi connectivity index (χ2n) is 4.28. The van der Waals surface area contributed by atoms with Crippen LogP contribution in [0.4, 0.5) is 0 Å². The van der Waals surface area contributed by atoms with Gasteiger partial charge in [-0.25, -0.2) is 0 Å². The third-order valence-electron chi connectivity index (χ3n) is 2.44. The number of hydrogen-bond donors (Lipinski definition) is 1. The van der Waals surface area contributed by atoms with E-state index in [1.54, 1.807) is 24.1 Å². The Morgan fingerprint density at radius 2 is 2.17 bits per heavy atom. The summed E-state index contributed by atoms with van der Waals surface area (Å²) in [6.45, 7) is 2.73. The fourth-order valence-electron chi connectivity index (χ4n) is 1.41. The van der Waals surface area contributed by atoms with Gasteiger partial charge < -0.3 is 15.4 Å². The highest BCUT2D eigenvalue weighted by atomic mass is 35.5. The lowest BCUT2D eigenvalue weighted by Gasteiger charge is -2.18. The van der Waals surface area contributed by atoms with Gasteiger partial charge in [-0.2, -0.15) is 0 Å². The van der Waals surface area contributed by atoms with Crippen molar-refractivity contribution in [1.82, 2.24) is 4.90 Å². The van der Waals surface area contributed by atoms with Crippen molar-refractivity contribution in [3.8, 4) is 5.75 Å². The highest BCUT2D eigenvalue weighted by Crippen LogP contribution is 2.22. The summed E-state index contributed by atoms with van der Waals surface area (Å²) < 4.78 is 5.51. The molecule has 0 aliphatic heterocycles. The number of nitrogens with two attached hydrogens (primary N) is 1. The standard InChI is InChI=1S/C13H19ClN2O2/c1-10(15)9-13(17)16(2)7-8-18-12-6-4-3-5-11(12)14/h3-6,10H,7-9,15H2,1-2H3. The van der Waals surface area contributed by atoms with Gasteiger partial charge in [-0.05, 0) is 19.1 Å². The van der Waals surface area contributed by atoms with Gasteiger partial charge in [-0.3, -0.25) is 4.79 Å². The minimum atomic E-state index is -0.121. The molecule has 5 heteroatoms. The van der Waals surface area contributed by atoms with E-state index in [1.165, 1.54) is 0 Å². The largest absolute Gasteiger partial charge is 0.490 e. The molecule has 4 nitrogen and oxygen atoms in total. The van der Waals surface area contributed by atoms with E-state index in [9.17, 15) is 4.79 Å². The Bertz CT molecular complexity index is 396. The van der Waals surface area contributed by atoms with Crippen molar-refractivity contribution in [2.75, 3.05) is 20.2 Å². The first-order valence-electron chi connectivity index (χ1n) is 5.87. The first-order valence-corrected chi connectivity index (χ1v) is 6.25. The molecule has 18 heavy (non-hydrogen) atoms. The summed E-state index contributed by atoms with van der Waals surface area (Å²) in [6, 6.07) is 7.14. The maximum absolute atomic E-state index is 11.6. The van der Waals surface area contributed by atoms with Crippen molar-refractivity contribution in [1.29, 1.82) is 0 Å². The molecule has 0 saturated heterocycles. The Hall–Kier alpha value is -1.26. The number of carbonyl (C=O) groups is 1. The smallest absolute Gasteiger partial charge is 0.223 e. The van der Waals surface area contributed by atoms with E-state index in [2.05, 4.69) is 0 Å². The van der Waals surface area contributed by atoms with Crippen molar-refractivity contribution in [2.24, 2.45) is 5.73 Å². The van der Waals surface area contributed by atoms with Crippen LogP contribution in [0.2, 0.25) is 5.02 Å². The maximum atomic E-state index is 11.6. The van der Waals surface area contributed by atoms with E-state index < -0.39 is 0 Å². The molecule has 100 valence electrons. The van der Waals surface area contributed by atoms with Gasteiger partial charge in [0.15, 0.2) is 0 Å². The maximum Gasteiger partial charge on any atom is 0.223 e. The number of amides is 1. The molecule has 1 unspecified atom stereocenters. The van der Waals surface area contributed by atoms with Crippen LogP contribution in [0.5, 0.6) is 5.75 Å². The molecule has 0 radical (unpaired) electrons. The molecular weight excluding hydrogens is 252 g/mol. The van der Waals surface area contributed by atoms with E-state index >= 15 is 0 Å². The lowest BCUT2D eigenvalue weighted by Crippen LogP contribution is -2.34. The summed E-state index contributed by atoms with van der Waals surface area (Å²) >= 11 is 5.95. The summed E-state index contributed by atoms with van der Waals surface area (Å²) in [5.41, 5.74) is 5.57. The third-order valence-corrected chi connectivity index (χ3v) is 2.76. The van der Waals surface area contributed by atoms with Crippen LogP contribution in [-0.4, -0.2) is 37.0 Å². The van der Waals surface area contributed by atoms with Crippen LogP contribution >= 0.6 is 11.6 Å². The second kappa shape index (κ2) is 7.24. The number of rotatable bonds is 6. The van der Waals surface area contributed by atoms with Gasteiger partial charge in [0.1, 0.15) is 12.4 Å². The van der Waals surface area contributed by atoms with Crippen LogP contribution in [0.1, 0.15) is 13.3 Å². The van der Waals surface area contributed by atoms with Crippen LogP contribution < -0.4 is 10.5 Å². The Morgan fingerprint density at radius 1 is 1.50 bits per heavy atom. The number of carbonyl (C=O) groups excluding carboxylic acids is 1. The van der Waals surface area contributed by atoms with Crippen LogP contribution in [0.25, 0.3) is 0 Å². The molecule has 2 N–H and O–H groups in total. The lowest BCUT2D eigenvalue weighted by atomic mass is 10.2. The number of para-hydroxylation sites is 1. The molecule has 1 aromatic carbocycles. The van der Waals surface area contributed by atoms with E-state index in [-0.39, 0.29) is 11.9 Å². The Balaban J connectivity index is 2.34. The first kappa shape index (κ1) is 14.8. The normalized spacial score (nSPS) is 12.0. The van der Waals surface area contributed by atoms with E-state index in [0.717, 1.165) is 0 Å². The topological polar surface area (TPSA) is 55.6 Å². The summed E-state index contributed by atoms with van der Waals surface area (Å²) in [4.78, 5) is 13.2. The SMILES string of the molecule is CC(N)CC(=O)N(C)CCOc1ccccc1Cl. The second-order valence-corrected chi connectivity index (χ2v) is 4.68. The van der Waals surface area contributed by atoms with Crippen molar-refractivity contribution in [3.05, 3.63) is 29.3 Å². The zero-order valence-electron chi connectivity index (χ0n) is 10.7. The first-order chi connectivity index (χ1) is 8.50. The molecule has 0 aliphatic rings. The fourth-order valence-corrected chi connectivity index (χ4v) is 1.60. The Labute approximate surface area is 113 Å². The molecule has 0 aromatic heterocycles. The van der Waals surface area contributed by atoms with Crippen molar-refractivity contribution < 1.29 is 9.53 Å². The number of likely N-dealkylation sites (N-methyl/N-ethyl adjacent to an activating group) is 1. The monoisotopic (exact) mass is 270 g/mol. The molecule has 0 saturated carbocycles. The van der Waals surface area contributed by atoms with Crippen LogP contribution in [0, 0.1) is 0 Å². The van der Waals surface area contributed by atoms with Gasteiger partial charge in [-0.15, -0.1) is 0 Å². The van der Waals surface area contributed by atoms with E-state index in [1.807, 2.05) is 19.1 Å². The molecular formula is C13H19ClN2O2. The van der Waals surface area contributed by atoms with Crippen LogP contribution in [0.3, 0.4) is 0 Å². The minimum absolute atomic E-state index is 0.0211. The third kappa shape index (κ3) is 4.94. The average molecular weight is 271 g/mol. The van der Waals surface area contributed by atoms with Gasteiger partial charge in [-0.1, -0.05) is 23.7 Å². The van der Waals surface area contributed by atoms with Crippen LogP contribution in [-0.2, 0) is 4.79 Å². The summed E-state index contributed by atoms with van der Waals surface area (Å²) in [5.74, 6) is 0.653. The zero-order valence-corrected chi connectivity index (χ0v) is 11.5. The fraction of sp³-hybridized carbons (Fsp3) is 0.462. The zero-order chi connectivity index (χ0) is 13.5. The van der Waals surface area contributed by atoms with E-state index in [4.69, 9.17) is 22.1 Å². The molecule has 1 atom stereocenters. The average Bonchev–Trinajstić information content (AvgIpc) is 2.30. The highest BCUT2D eigenvalue weighted by Gasteiger charge is 2.10. The molecule has 0 fully saturated rings. The molecule has 0 spiro atoms. The molecule has 0 heterocycles. The predicted molar refractivity (Wildman–Crippen MR) is 72.9 cm³/mol. The summed E-state index contributed by atoms with van der Waals surface area (Å²) in [6.07, 6.45) is 0.350. The molecule has 1 amide bonds. The Kier molecular flexibility index (Phi) is 5.95. The highest BCUT2D eigenvalue weighted by molar-refractivity contribution is 6.32. The van der Waals surface area contributed by atoms with Crippen molar-refractivity contribution in [2.45, 2.75) is 19.4 Å². The van der Waals surface area contributed by atoms with Gasteiger partial charge in [0, 0.05) is 19.5 Å². The summed E-state index contributed by atoms with van der Waals surface area (Å²) in [7, 11) is 1.74. The lowest BCUT2D eigenvalue weighted by molar-refractivity contribution is -0.130. The van der Waals surface area contributed by atoms with Crippen molar-refractivity contribution in [3.63, 3.8) is 0 Å². The van der Waals surface area contributed by atoms with Gasteiger partial charge >= 0.3 is 0 Å². The quantitative estimate of drug-likeness (QED) is 0.859. The number of nitrogens with zero attached hydrogens (tertiary/aromatic N) is 1. The van der Waals surface area contributed by atoms with Gasteiger partial charge in [0.05, 0.1) is 11.6 Å². The predicted octanol–water partition coefficient (Wildman–Crippen LogP) is 1.91. The number of ether oxygens (including phenoxy) is 1. The van der Waals surface area contributed by atoms with Gasteiger partial charge in [0.2, 0.25) is 5.91 Å². The van der Waals surface area contributed by atoms with E-state index in [0.29, 0.717) is 30.3 Å². The molecule has 0 bridgehead atoms. The van der Waals surface area contributed by atoms with Gasteiger partial charge in [0.25, 0.3) is 0 Å². The van der Waals surface area contributed by atoms with Crippen LogP contribution in [0.15, 0.2) is 24.3 Å². The summed E-state index contributed by atoms with van der Waals surface area (Å²) in [5, 5.41) is 0.571.